The fourth-order valence-corrected chi connectivity index (χ4v) is 8.60. The molecule has 1 aliphatic rings. The molecule has 0 aliphatic carbocycles. The number of benzene rings is 7. The summed E-state index contributed by atoms with van der Waals surface area (Å²) in [6.45, 7) is 1.06. The highest BCUT2D eigenvalue weighted by molar-refractivity contribution is 6.12. The first kappa shape index (κ1) is 28.3. The molecule has 240 valence electrons. The molecule has 51 heavy (non-hydrogen) atoms. The summed E-state index contributed by atoms with van der Waals surface area (Å²) in [5, 5.41) is 7.76. The number of rotatable bonds is 5. The van der Waals surface area contributed by atoms with Crippen molar-refractivity contribution in [3.8, 4) is 5.69 Å². The molecule has 0 amide bonds. The number of fused-ring (bicyclic) bond motifs is 9. The van der Waals surface area contributed by atoms with Gasteiger partial charge in [0.15, 0.2) is 0 Å². The highest BCUT2D eigenvalue weighted by Crippen LogP contribution is 2.37. The highest BCUT2D eigenvalue weighted by atomic mass is 15.0. The van der Waals surface area contributed by atoms with E-state index in [1.807, 2.05) is 0 Å². The van der Waals surface area contributed by atoms with Gasteiger partial charge in [-0.25, -0.2) is 0 Å². The normalized spacial score (nSPS) is 13.2. The number of aromatic nitrogens is 3. The molecule has 0 fully saturated rings. The van der Waals surface area contributed by atoms with Crippen LogP contribution in [0.1, 0.15) is 22.3 Å². The molecule has 10 aromatic rings. The molecule has 0 atom stereocenters. The lowest BCUT2D eigenvalue weighted by Gasteiger charge is -2.07. The van der Waals surface area contributed by atoms with E-state index >= 15 is 0 Å². The Morgan fingerprint density at radius 2 is 1.00 bits per heavy atom. The van der Waals surface area contributed by atoms with E-state index in [4.69, 9.17) is 0 Å². The molecule has 0 unspecified atom stereocenters. The van der Waals surface area contributed by atoms with Gasteiger partial charge in [-0.15, -0.1) is 0 Å². The van der Waals surface area contributed by atoms with Gasteiger partial charge in [0.25, 0.3) is 0 Å². The summed E-state index contributed by atoms with van der Waals surface area (Å²) in [5.74, 6) is 0. The van der Waals surface area contributed by atoms with Crippen LogP contribution in [0.15, 0.2) is 152 Å². The Bertz CT molecular complexity index is 3020. The average Bonchev–Trinajstić information content (AvgIpc) is 3.94. The van der Waals surface area contributed by atoms with Gasteiger partial charge in [0.2, 0.25) is 0 Å². The summed E-state index contributed by atoms with van der Waals surface area (Å²) in [4.78, 5) is 0. The number of aryl methyl sites for hydroxylation is 2. The smallest absolute Gasteiger partial charge is 0.0541 e. The third kappa shape index (κ3) is 4.31. The van der Waals surface area contributed by atoms with Crippen molar-refractivity contribution < 1.29 is 0 Å². The minimum absolute atomic E-state index is 1.06. The average molecular weight is 652 g/mol. The van der Waals surface area contributed by atoms with E-state index < -0.39 is 0 Å². The van der Waals surface area contributed by atoms with Crippen molar-refractivity contribution in [3.05, 3.63) is 174 Å². The maximum atomic E-state index is 2.51. The van der Waals surface area contributed by atoms with Crippen LogP contribution in [-0.2, 0) is 13.0 Å². The molecule has 0 radical (unpaired) electrons. The molecule has 0 spiro atoms. The van der Waals surface area contributed by atoms with Crippen LogP contribution >= 0.6 is 0 Å². The van der Waals surface area contributed by atoms with Gasteiger partial charge in [-0.1, -0.05) is 109 Å². The Hall–Kier alpha value is -6.58. The minimum atomic E-state index is 1.06. The molecular formula is C48H33N3. The Morgan fingerprint density at radius 1 is 0.412 bits per heavy atom. The zero-order valence-corrected chi connectivity index (χ0v) is 28.0. The summed E-state index contributed by atoms with van der Waals surface area (Å²) in [7, 11) is 0. The SMILES string of the molecule is C(=C/n1c2ccccc2c2ccccc21)/c1ccc2c(c1)c1cc(/C=C/c3ccc4c5cccc6c5n(c4c3)CC6)ccc1n2-c1ccccc1. The summed E-state index contributed by atoms with van der Waals surface area (Å²) in [5.41, 5.74) is 13.8. The predicted molar refractivity (Wildman–Crippen MR) is 218 cm³/mol. The lowest BCUT2D eigenvalue weighted by molar-refractivity contribution is 0.796. The first-order valence-electron chi connectivity index (χ1n) is 17.8. The summed E-state index contributed by atoms with van der Waals surface area (Å²) >= 11 is 0. The summed E-state index contributed by atoms with van der Waals surface area (Å²) in [6, 6.07) is 55.4. The van der Waals surface area contributed by atoms with Crippen molar-refractivity contribution in [3.63, 3.8) is 0 Å². The van der Waals surface area contributed by atoms with Crippen LogP contribution in [0.5, 0.6) is 0 Å². The number of hydrogen-bond donors (Lipinski definition) is 0. The van der Waals surface area contributed by atoms with Gasteiger partial charge in [0, 0.05) is 56.3 Å². The molecule has 0 bridgehead atoms. The van der Waals surface area contributed by atoms with Gasteiger partial charge in [-0.2, -0.15) is 0 Å². The van der Waals surface area contributed by atoms with Crippen molar-refractivity contribution in [1.29, 1.82) is 0 Å². The van der Waals surface area contributed by atoms with Crippen LogP contribution in [0.4, 0.5) is 0 Å². The van der Waals surface area contributed by atoms with Crippen LogP contribution in [0.2, 0.25) is 0 Å². The predicted octanol–water partition coefficient (Wildman–Crippen LogP) is 12.4. The first-order valence-corrected chi connectivity index (χ1v) is 17.8. The number of para-hydroxylation sites is 4. The zero-order chi connectivity index (χ0) is 33.5. The van der Waals surface area contributed by atoms with Gasteiger partial charge < -0.3 is 13.7 Å². The standard InChI is InChI=1S/C48H33N3/c1-2-10-36(11-3-1)51-45-23-20-32(17-18-33-19-22-39-40-14-8-9-35-26-28-50(48(35)40)47(39)31-33)29-41(45)42-30-34(21-24-46(42)51)25-27-49-43-15-6-4-12-37(43)38-13-5-7-16-44(38)49/h1-25,27,29-31H,26,28H2/b18-17+,27-25-. The van der Waals surface area contributed by atoms with Gasteiger partial charge in [-0.05, 0) is 89.3 Å². The molecule has 7 aromatic carbocycles. The van der Waals surface area contributed by atoms with Crippen LogP contribution in [0.3, 0.4) is 0 Å². The number of hydrogen-bond acceptors (Lipinski definition) is 0. The second-order valence-electron chi connectivity index (χ2n) is 13.8. The quantitative estimate of drug-likeness (QED) is 0.165. The molecule has 4 heterocycles. The Labute approximate surface area is 295 Å². The Balaban J connectivity index is 1.02. The molecule has 1 aliphatic heterocycles. The first-order chi connectivity index (χ1) is 25.3. The molecule has 11 rings (SSSR count). The van der Waals surface area contributed by atoms with Crippen molar-refractivity contribution in [1.82, 2.24) is 13.7 Å². The monoisotopic (exact) mass is 651 g/mol. The minimum Gasteiger partial charge on any atom is -0.340 e. The maximum Gasteiger partial charge on any atom is 0.0541 e. The number of nitrogens with zero attached hydrogens (tertiary/aromatic N) is 3. The third-order valence-corrected chi connectivity index (χ3v) is 10.9. The molecule has 0 saturated heterocycles. The van der Waals surface area contributed by atoms with E-state index in [0.717, 1.165) is 13.0 Å². The van der Waals surface area contributed by atoms with Crippen molar-refractivity contribution in [2.75, 3.05) is 0 Å². The topological polar surface area (TPSA) is 14.8 Å². The Kier molecular flexibility index (Phi) is 6.08. The van der Waals surface area contributed by atoms with Crippen molar-refractivity contribution in [2.24, 2.45) is 0 Å². The van der Waals surface area contributed by atoms with Crippen LogP contribution < -0.4 is 0 Å². The van der Waals surface area contributed by atoms with Crippen molar-refractivity contribution >= 4 is 89.8 Å². The summed E-state index contributed by atoms with van der Waals surface area (Å²) in [6.07, 6.45) is 10.1. The lowest BCUT2D eigenvalue weighted by atomic mass is 10.0. The zero-order valence-electron chi connectivity index (χ0n) is 28.0. The largest absolute Gasteiger partial charge is 0.340 e. The fraction of sp³-hybridized carbons (Fsp3) is 0.0417. The molecule has 3 nitrogen and oxygen atoms in total. The van der Waals surface area contributed by atoms with Gasteiger partial charge in [0.05, 0.1) is 27.6 Å². The van der Waals surface area contributed by atoms with E-state index in [9.17, 15) is 0 Å². The molecule has 3 heteroatoms. The van der Waals surface area contributed by atoms with E-state index in [0.29, 0.717) is 0 Å². The van der Waals surface area contributed by atoms with E-state index in [-0.39, 0.29) is 0 Å². The lowest BCUT2D eigenvalue weighted by Crippen LogP contribution is -1.93. The van der Waals surface area contributed by atoms with Gasteiger partial charge >= 0.3 is 0 Å². The summed E-state index contributed by atoms with van der Waals surface area (Å²) < 4.78 is 7.21. The van der Waals surface area contributed by atoms with Gasteiger partial charge in [0.1, 0.15) is 0 Å². The van der Waals surface area contributed by atoms with Crippen molar-refractivity contribution in [2.45, 2.75) is 13.0 Å². The third-order valence-electron chi connectivity index (χ3n) is 10.9. The molecule has 0 N–H and O–H groups in total. The molecular weight excluding hydrogens is 619 g/mol. The maximum absolute atomic E-state index is 2.51. The Morgan fingerprint density at radius 3 is 1.73 bits per heavy atom. The van der Waals surface area contributed by atoms with E-state index in [1.165, 1.54) is 93.4 Å². The fourth-order valence-electron chi connectivity index (χ4n) is 8.60. The van der Waals surface area contributed by atoms with E-state index in [2.05, 4.69) is 190 Å². The van der Waals surface area contributed by atoms with E-state index in [1.54, 1.807) is 0 Å². The van der Waals surface area contributed by atoms with Crippen LogP contribution in [-0.4, -0.2) is 13.7 Å². The molecule has 0 saturated carbocycles. The van der Waals surface area contributed by atoms with Crippen LogP contribution in [0, 0.1) is 0 Å². The second-order valence-corrected chi connectivity index (χ2v) is 13.8. The second kappa shape index (κ2) is 11.0. The van der Waals surface area contributed by atoms with Gasteiger partial charge in [-0.3, -0.25) is 0 Å². The molecule has 3 aromatic heterocycles. The highest BCUT2D eigenvalue weighted by Gasteiger charge is 2.19. The van der Waals surface area contributed by atoms with Crippen LogP contribution in [0.25, 0.3) is 95.5 Å².